The van der Waals surface area contributed by atoms with Gasteiger partial charge in [-0.1, -0.05) is 6.07 Å². The molecule has 2 aromatic rings. The Morgan fingerprint density at radius 1 is 1.12 bits per heavy atom. The van der Waals surface area contributed by atoms with Gasteiger partial charge in [0.1, 0.15) is 5.75 Å². The molecular formula is C17H18F2N2O4S. The zero-order chi connectivity index (χ0) is 19.5. The number of carbonyl (C=O) groups is 1. The topological polar surface area (TPSA) is 75.7 Å². The molecule has 0 atom stereocenters. The van der Waals surface area contributed by atoms with Crippen molar-refractivity contribution < 1.29 is 26.7 Å². The number of carbonyl (C=O) groups excluding carboxylic acids is 1. The van der Waals surface area contributed by atoms with Gasteiger partial charge >= 0.3 is 6.61 Å². The van der Waals surface area contributed by atoms with Crippen LogP contribution in [0.25, 0.3) is 0 Å². The molecule has 0 bridgehead atoms. The van der Waals surface area contributed by atoms with E-state index < -0.39 is 22.5 Å². The Hall–Kier alpha value is -2.52. The predicted molar refractivity (Wildman–Crippen MR) is 93.1 cm³/mol. The van der Waals surface area contributed by atoms with Crippen molar-refractivity contribution in [1.29, 1.82) is 0 Å². The van der Waals surface area contributed by atoms with E-state index >= 15 is 0 Å². The highest BCUT2D eigenvalue weighted by Gasteiger charge is 2.19. The standard InChI is InChI=1S/C17H18F2N2O4S/c1-11-4-9-14(26(23,24)21(2)3)10-15(11)20-16(22)12-5-7-13(8-6-12)25-17(18)19/h4-10,17H,1-3H3,(H,20,22). The zero-order valence-corrected chi connectivity index (χ0v) is 15.2. The molecule has 0 aliphatic rings. The summed E-state index contributed by atoms with van der Waals surface area (Å²) >= 11 is 0. The molecule has 6 nitrogen and oxygen atoms in total. The van der Waals surface area contributed by atoms with Crippen LogP contribution < -0.4 is 10.1 Å². The maximum Gasteiger partial charge on any atom is 0.387 e. The molecule has 0 radical (unpaired) electrons. The maximum absolute atomic E-state index is 12.3. The van der Waals surface area contributed by atoms with E-state index in [2.05, 4.69) is 10.1 Å². The van der Waals surface area contributed by atoms with E-state index in [1.807, 2.05) is 0 Å². The van der Waals surface area contributed by atoms with E-state index in [9.17, 15) is 22.0 Å². The number of hydrogen-bond donors (Lipinski definition) is 1. The first-order chi connectivity index (χ1) is 12.1. The van der Waals surface area contributed by atoms with Gasteiger partial charge in [-0.15, -0.1) is 0 Å². The fourth-order valence-electron chi connectivity index (χ4n) is 2.09. The van der Waals surface area contributed by atoms with Gasteiger partial charge in [0.25, 0.3) is 5.91 Å². The van der Waals surface area contributed by atoms with Crippen molar-refractivity contribution in [2.75, 3.05) is 19.4 Å². The van der Waals surface area contributed by atoms with E-state index in [-0.39, 0.29) is 16.2 Å². The molecule has 0 heterocycles. The molecule has 0 unspecified atom stereocenters. The Labute approximate surface area is 150 Å². The number of alkyl halides is 2. The van der Waals surface area contributed by atoms with Gasteiger partial charge in [0.15, 0.2) is 0 Å². The fourth-order valence-corrected chi connectivity index (χ4v) is 3.02. The Kier molecular flexibility index (Phi) is 5.94. The Morgan fingerprint density at radius 2 is 1.73 bits per heavy atom. The van der Waals surface area contributed by atoms with Crippen LogP contribution in [0.1, 0.15) is 15.9 Å². The molecule has 0 aromatic heterocycles. The van der Waals surface area contributed by atoms with Gasteiger partial charge in [-0.2, -0.15) is 8.78 Å². The SMILES string of the molecule is Cc1ccc(S(=O)(=O)N(C)C)cc1NC(=O)c1ccc(OC(F)F)cc1. The molecule has 9 heteroatoms. The first kappa shape index (κ1) is 19.8. The van der Waals surface area contributed by atoms with Gasteiger partial charge in [-0.3, -0.25) is 4.79 Å². The number of nitrogens with zero attached hydrogens (tertiary/aromatic N) is 1. The lowest BCUT2D eigenvalue weighted by Crippen LogP contribution is -2.22. The van der Waals surface area contributed by atoms with Crippen LogP contribution in [0, 0.1) is 6.92 Å². The number of sulfonamides is 1. The lowest BCUT2D eigenvalue weighted by molar-refractivity contribution is -0.0498. The predicted octanol–water partition coefficient (Wildman–Crippen LogP) is 3.10. The van der Waals surface area contributed by atoms with Gasteiger partial charge in [-0.05, 0) is 48.9 Å². The number of aryl methyl sites for hydroxylation is 1. The average Bonchev–Trinajstić information content (AvgIpc) is 2.56. The average molecular weight is 384 g/mol. The highest BCUT2D eigenvalue weighted by Crippen LogP contribution is 2.23. The number of amides is 1. The number of rotatable bonds is 6. The molecule has 2 rings (SSSR count). The fraction of sp³-hybridized carbons (Fsp3) is 0.235. The highest BCUT2D eigenvalue weighted by molar-refractivity contribution is 7.89. The number of anilines is 1. The van der Waals surface area contributed by atoms with Crippen LogP contribution in [-0.4, -0.2) is 39.3 Å². The van der Waals surface area contributed by atoms with E-state index in [0.717, 1.165) is 4.31 Å². The van der Waals surface area contributed by atoms with E-state index in [1.54, 1.807) is 13.0 Å². The van der Waals surface area contributed by atoms with E-state index in [1.165, 1.54) is 50.5 Å². The van der Waals surface area contributed by atoms with Gasteiger partial charge < -0.3 is 10.1 Å². The van der Waals surface area contributed by atoms with Crippen molar-refractivity contribution in [3.8, 4) is 5.75 Å². The molecular weight excluding hydrogens is 366 g/mol. The summed E-state index contributed by atoms with van der Waals surface area (Å²) in [5.74, 6) is -0.567. The van der Waals surface area contributed by atoms with E-state index in [0.29, 0.717) is 11.3 Å². The Morgan fingerprint density at radius 3 is 2.27 bits per heavy atom. The number of nitrogens with one attached hydrogen (secondary N) is 1. The Bertz CT molecular complexity index is 897. The lowest BCUT2D eigenvalue weighted by atomic mass is 10.1. The summed E-state index contributed by atoms with van der Waals surface area (Å²) in [5.41, 5.74) is 1.23. The van der Waals surface area contributed by atoms with Crippen LogP contribution in [0.4, 0.5) is 14.5 Å². The third-order valence-electron chi connectivity index (χ3n) is 3.58. The first-order valence-corrected chi connectivity index (χ1v) is 8.94. The van der Waals surface area contributed by atoms with Crippen molar-refractivity contribution >= 4 is 21.6 Å². The molecule has 0 aliphatic heterocycles. The molecule has 0 fully saturated rings. The van der Waals surface area contributed by atoms with Crippen molar-refractivity contribution in [1.82, 2.24) is 4.31 Å². The van der Waals surface area contributed by atoms with Crippen molar-refractivity contribution in [3.63, 3.8) is 0 Å². The summed E-state index contributed by atoms with van der Waals surface area (Å²) in [4.78, 5) is 12.4. The summed E-state index contributed by atoms with van der Waals surface area (Å²) in [6.45, 7) is -1.22. The molecule has 0 saturated carbocycles. The minimum atomic E-state index is -3.64. The van der Waals surface area contributed by atoms with Crippen molar-refractivity contribution in [2.24, 2.45) is 0 Å². The highest BCUT2D eigenvalue weighted by atomic mass is 32.2. The number of ether oxygens (including phenoxy) is 1. The van der Waals surface area contributed by atoms with Crippen LogP contribution >= 0.6 is 0 Å². The minimum Gasteiger partial charge on any atom is -0.435 e. The largest absolute Gasteiger partial charge is 0.435 e. The van der Waals surface area contributed by atoms with Crippen LogP contribution in [0.3, 0.4) is 0 Å². The Balaban J connectivity index is 2.23. The second-order valence-corrected chi connectivity index (χ2v) is 7.77. The quantitative estimate of drug-likeness (QED) is 0.830. The van der Waals surface area contributed by atoms with Crippen molar-refractivity contribution in [2.45, 2.75) is 18.4 Å². The van der Waals surface area contributed by atoms with Crippen LogP contribution in [-0.2, 0) is 10.0 Å². The van der Waals surface area contributed by atoms with Gasteiger partial charge in [0, 0.05) is 25.3 Å². The van der Waals surface area contributed by atoms with Crippen molar-refractivity contribution in [3.05, 3.63) is 53.6 Å². The smallest absolute Gasteiger partial charge is 0.387 e. The summed E-state index contributed by atoms with van der Waals surface area (Å²) in [7, 11) is -0.813. The first-order valence-electron chi connectivity index (χ1n) is 7.50. The number of halogens is 2. The second kappa shape index (κ2) is 7.79. The summed E-state index contributed by atoms with van der Waals surface area (Å²) < 4.78 is 54.0. The second-order valence-electron chi connectivity index (χ2n) is 5.62. The third kappa shape index (κ3) is 4.55. The zero-order valence-electron chi connectivity index (χ0n) is 14.4. The number of hydrogen-bond acceptors (Lipinski definition) is 4. The molecule has 1 N–H and O–H groups in total. The lowest BCUT2D eigenvalue weighted by Gasteiger charge is -2.14. The maximum atomic E-state index is 12.3. The van der Waals surface area contributed by atoms with Gasteiger partial charge in [-0.25, -0.2) is 12.7 Å². The normalized spacial score (nSPS) is 11.7. The third-order valence-corrected chi connectivity index (χ3v) is 5.39. The molecule has 1 amide bonds. The van der Waals surface area contributed by atoms with Crippen LogP contribution in [0.2, 0.25) is 0 Å². The van der Waals surface area contributed by atoms with Gasteiger partial charge in [0.2, 0.25) is 10.0 Å². The van der Waals surface area contributed by atoms with Crippen LogP contribution in [0.5, 0.6) is 5.75 Å². The minimum absolute atomic E-state index is 0.0454. The molecule has 2 aromatic carbocycles. The van der Waals surface area contributed by atoms with E-state index in [4.69, 9.17) is 0 Å². The van der Waals surface area contributed by atoms with Crippen LogP contribution in [0.15, 0.2) is 47.4 Å². The molecule has 140 valence electrons. The molecule has 0 saturated heterocycles. The number of benzene rings is 2. The molecule has 0 aliphatic carbocycles. The van der Waals surface area contributed by atoms with Gasteiger partial charge in [0.05, 0.1) is 4.90 Å². The molecule has 0 spiro atoms. The summed E-state index contributed by atoms with van der Waals surface area (Å²) in [6.07, 6.45) is 0. The summed E-state index contributed by atoms with van der Waals surface area (Å²) in [6, 6.07) is 9.59. The summed E-state index contributed by atoms with van der Waals surface area (Å²) in [5, 5.41) is 2.63. The monoisotopic (exact) mass is 384 g/mol. The molecule has 26 heavy (non-hydrogen) atoms.